The Morgan fingerprint density at radius 1 is 1.31 bits per heavy atom. The van der Waals surface area contributed by atoms with Crippen LogP contribution in [0.1, 0.15) is 34.6 Å². The molecule has 0 aliphatic rings. The minimum absolute atomic E-state index is 0.00463. The average molecular weight is 234 g/mol. The van der Waals surface area contributed by atoms with Gasteiger partial charge in [-0.3, -0.25) is 4.79 Å². The second kappa shape index (κ2) is 9.60. The molecule has 4 heteroatoms. The average Bonchev–Trinajstić information content (AvgIpc) is 2.16. The Morgan fingerprint density at radius 3 is 2.00 bits per heavy atom. The van der Waals surface area contributed by atoms with E-state index in [0.29, 0.717) is 13.2 Å². The van der Waals surface area contributed by atoms with Gasteiger partial charge in [-0.1, -0.05) is 34.6 Å². The molecule has 0 rings (SSSR count). The van der Waals surface area contributed by atoms with Gasteiger partial charge in [0.1, 0.15) is 0 Å². The van der Waals surface area contributed by atoms with E-state index in [0.717, 1.165) is 0 Å². The number of ether oxygens (including phenoxy) is 2. The van der Waals surface area contributed by atoms with Gasteiger partial charge in [0, 0.05) is 0 Å². The van der Waals surface area contributed by atoms with Crippen LogP contribution in [0.15, 0.2) is 0 Å². The maximum absolute atomic E-state index is 10.3. The van der Waals surface area contributed by atoms with E-state index in [9.17, 15) is 4.79 Å². The fourth-order valence-corrected chi connectivity index (χ4v) is 0.679. The normalized spacial score (nSPS) is 10.8. The van der Waals surface area contributed by atoms with Crippen molar-refractivity contribution in [2.45, 2.75) is 34.6 Å². The Kier molecular flexibility index (Phi) is 10.7. The molecule has 0 aliphatic carbocycles. The third-order valence-electron chi connectivity index (χ3n) is 1.44. The van der Waals surface area contributed by atoms with Crippen LogP contribution in [0.5, 0.6) is 0 Å². The van der Waals surface area contributed by atoms with Gasteiger partial charge >= 0.3 is 5.97 Å². The summed E-state index contributed by atoms with van der Waals surface area (Å²) in [5.74, 6) is -0.148. The first-order valence-electron chi connectivity index (χ1n) is 5.51. The molecule has 0 heterocycles. The maximum atomic E-state index is 10.3. The second-order valence-corrected chi connectivity index (χ2v) is 5.01. The summed E-state index contributed by atoms with van der Waals surface area (Å²) in [6, 6.07) is 0. The van der Waals surface area contributed by atoms with Gasteiger partial charge in [0.2, 0.25) is 0 Å². The quantitative estimate of drug-likeness (QED) is 0.596. The molecule has 0 aliphatic heterocycles. The van der Waals surface area contributed by atoms with E-state index in [1.54, 1.807) is 13.8 Å². The van der Waals surface area contributed by atoms with Crippen molar-refractivity contribution in [2.24, 2.45) is 11.3 Å². The molecule has 0 amide bonds. The van der Waals surface area contributed by atoms with Gasteiger partial charge in [-0.25, -0.2) is 0 Å². The number of hydrogen-bond donors (Lipinski definition) is 1. The number of carbonyl (C=O) groups is 1. The summed E-state index contributed by atoms with van der Waals surface area (Å²) >= 11 is 0. The van der Waals surface area contributed by atoms with Crippen molar-refractivity contribution in [3.05, 3.63) is 0 Å². The molecular weight excluding hydrogens is 208 g/mol. The van der Waals surface area contributed by atoms with Gasteiger partial charge < -0.3 is 14.6 Å². The van der Waals surface area contributed by atoms with Gasteiger partial charge in [0.25, 0.3) is 0 Å². The number of hydrogen-bond acceptors (Lipinski definition) is 4. The van der Waals surface area contributed by atoms with Crippen LogP contribution in [0.4, 0.5) is 0 Å². The highest BCUT2D eigenvalue weighted by molar-refractivity contribution is 5.71. The Morgan fingerprint density at radius 2 is 1.81 bits per heavy atom. The molecule has 0 radical (unpaired) electrons. The lowest BCUT2D eigenvalue weighted by atomic mass is 9.99. The molecule has 0 saturated carbocycles. The number of carbonyl (C=O) groups excluding carboxylic acids is 1. The molecule has 0 fully saturated rings. The standard InChI is InChI=1S/C7H16O2.C5H10O2/c1-7(2,3)6-9-5-4-8;1-4(2)5(6)7-3/h8H,4-6H2,1-3H3;4H,1-3H3. The molecule has 0 aromatic carbocycles. The van der Waals surface area contributed by atoms with Crippen LogP contribution in [0, 0.1) is 11.3 Å². The van der Waals surface area contributed by atoms with Crippen molar-refractivity contribution in [1.29, 1.82) is 0 Å². The number of methoxy groups -OCH3 is 1. The second-order valence-electron chi connectivity index (χ2n) is 5.01. The molecule has 0 saturated heterocycles. The van der Waals surface area contributed by atoms with Crippen molar-refractivity contribution >= 4 is 5.97 Å². The van der Waals surface area contributed by atoms with Crippen molar-refractivity contribution in [3.8, 4) is 0 Å². The predicted octanol–water partition coefficient (Wildman–Crippen LogP) is 1.86. The molecule has 0 atom stereocenters. The molecule has 98 valence electrons. The van der Waals surface area contributed by atoms with Crippen LogP contribution in [0.2, 0.25) is 0 Å². The lowest BCUT2D eigenvalue weighted by Gasteiger charge is -2.17. The first-order chi connectivity index (χ1) is 7.24. The highest BCUT2D eigenvalue weighted by Gasteiger charge is 2.08. The Bertz CT molecular complexity index is 170. The Balaban J connectivity index is 0. The fraction of sp³-hybridized carbons (Fsp3) is 0.917. The lowest BCUT2D eigenvalue weighted by molar-refractivity contribution is -0.144. The van der Waals surface area contributed by atoms with E-state index in [1.807, 2.05) is 0 Å². The van der Waals surface area contributed by atoms with Crippen LogP contribution >= 0.6 is 0 Å². The molecule has 0 aromatic rings. The zero-order valence-corrected chi connectivity index (χ0v) is 11.4. The third-order valence-corrected chi connectivity index (χ3v) is 1.44. The molecule has 4 nitrogen and oxygen atoms in total. The summed E-state index contributed by atoms with van der Waals surface area (Å²) in [5, 5.41) is 8.34. The van der Waals surface area contributed by atoms with Gasteiger partial charge in [-0.2, -0.15) is 0 Å². The molecular formula is C12H26O4. The van der Waals surface area contributed by atoms with Gasteiger partial charge in [0.15, 0.2) is 0 Å². The summed E-state index contributed by atoms with van der Waals surface area (Å²) in [7, 11) is 1.39. The highest BCUT2D eigenvalue weighted by Crippen LogP contribution is 2.12. The van der Waals surface area contributed by atoms with Crippen LogP contribution in [0.3, 0.4) is 0 Å². The minimum Gasteiger partial charge on any atom is -0.469 e. The first-order valence-corrected chi connectivity index (χ1v) is 5.51. The molecule has 16 heavy (non-hydrogen) atoms. The van der Waals surface area contributed by atoms with Crippen LogP contribution in [-0.2, 0) is 14.3 Å². The lowest BCUT2D eigenvalue weighted by Crippen LogP contribution is -2.15. The van der Waals surface area contributed by atoms with Crippen molar-refractivity contribution in [2.75, 3.05) is 26.9 Å². The van der Waals surface area contributed by atoms with Gasteiger partial charge in [-0.15, -0.1) is 0 Å². The van der Waals surface area contributed by atoms with E-state index in [-0.39, 0.29) is 23.9 Å². The molecule has 0 aromatic heterocycles. The predicted molar refractivity (Wildman–Crippen MR) is 64.2 cm³/mol. The molecule has 1 N–H and O–H groups in total. The van der Waals surface area contributed by atoms with Crippen LogP contribution in [0.25, 0.3) is 0 Å². The zero-order chi connectivity index (χ0) is 13.2. The number of aliphatic hydroxyl groups is 1. The number of esters is 1. The molecule has 0 spiro atoms. The molecule has 0 bridgehead atoms. The SMILES string of the molecule is CC(C)(C)COCCO.COC(=O)C(C)C. The summed E-state index contributed by atoms with van der Waals surface area (Å²) in [6.45, 7) is 11.2. The van der Waals surface area contributed by atoms with E-state index in [4.69, 9.17) is 9.84 Å². The smallest absolute Gasteiger partial charge is 0.308 e. The summed E-state index contributed by atoms with van der Waals surface area (Å²) in [4.78, 5) is 10.3. The molecule has 0 unspecified atom stereocenters. The summed E-state index contributed by atoms with van der Waals surface area (Å²) in [5.41, 5.74) is 0.217. The minimum atomic E-state index is -0.153. The van der Waals surface area contributed by atoms with Gasteiger partial charge in [0.05, 0.1) is 32.8 Å². The van der Waals surface area contributed by atoms with E-state index >= 15 is 0 Å². The van der Waals surface area contributed by atoms with Crippen molar-refractivity contribution in [3.63, 3.8) is 0 Å². The third kappa shape index (κ3) is 15.8. The Hall–Kier alpha value is -0.610. The topological polar surface area (TPSA) is 55.8 Å². The number of rotatable bonds is 4. The first kappa shape index (κ1) is 17.8. The zero-order valence-electron chi connectivity index (χ0n) is 11.4. The fourth-order valence-electron chi connectivity index (χ4n) is 0.679. The van der Waals surface area contributed by atoms with E-state index in [1.165, 1.54) is 7.11 Å². The largest absolute Gasteiger partial charge is 0.469 e. The maximum Gasteiger partial charge on any atom is 0.308 e. The van der Waals surface area contributed by atoms with E-state index in [2.05, 4.69) is 25.5 Å². The van der Waals surface area contributed by atoms with E-state index < -0.39 is 0 Å². The van der Waals surface area contributed by atoms with Crippen LogP contribution in [-0.4, -0.2) is 38.0 Å². The monoisotopic (exact) mass is 234 g/mol. The summed E-state index contributed by atoms with van der Waals surface area (Å²) < 4.78 is 9.47. The van der Waals surface area contributed by atoms with Gasteiger partial charge in [-0.05, 0) is 5.41 Å². The van der Waals surface area contributed by atoms with Crippen molar-refractivity contribution in [1.82, 2.24) is 0 Å². The van der Waals surface area contributed by atoms with Crippen molar-refractivity contribution < 1.29 is 19.4 Å². The van der Waals surface area contributed by atoms with Crippen LogP contribution < -0.4 is 0 Å². The Labute approximate surface area is 98.9 Å². The highest BCUT2D eigenvalue weighted by atomic mass is 16.5. The summed E-state index contributed by atoms with van der Waals surface area (Å²) in [6.07, 6.45) is 0. The number of aliphatic hydroxyl groups excluding tert-OH is 1.